The third-order valence-electron chi connectivity index (χ3n) is 3.90. The van der Waals surface area contributed by atoms with Gasteiger partial charge in [-0.3, -0.25) is 4.98 Å². The van der Waals surface area contributed by atoms with E-state index in [9.17, 15) is 0 Å². The van der Waals surface area contributed by atoms with E-state index in [1.54, 1.807) is 12.3 Å². The monoisotopic (exact) mass is 397 g/mol. The molecule has 4 N–H and O–H groups in total. The average Bonchev–Trinajstić information content (AvgIpc) is 2.68. The van der Waals surface area contributed by atoms with E-state index < -0.39 is 0 Å². The minimum Gasteiger partial charge on any atom is -0.399 e. The van der Waals surface area contributed by atoms with Gasteiger partial charge in [0.25, 0.3) is 0 Å². The van der Waals surface area contributed by atoms with Crippen molar-refractivity contribution >= 4 is 34.5 Å². The second kappa shape index (κ2) is 10.5. The number of nitrogens with zero attached hydrogens (tertiary/aromatic N) is 2. The van der Waals surface area contributed by atoms with Crippen LogP contribution >= 0.6 is 11.6 Å². The maximum atomic E-state index is 6.31. The number of benzene rings is 1. The predicted octanol–water partition coefficient (Wildman–Crippen LogP) is 5.72. The summed E-state index contributed by atoms with van der Waals surface area (Å²) in [7, 11) is 0. The Morgan fingerprint density at radius 3 is 2.64 bits per heavy atom. The van der Waals surface area contributed by atoms with Gasteiger partial charge < -0.3 is 16.4 Å². The fourth-order valence-electron chi connectivity index (χ4n) is 2.62. The second-order valence-corrected chi connectivity index (χ2v) is 6.90. The summed E-state index contributed by atoms with van der Waals surface area (Å²) in [6.07, 6.45) is 8.28. The van der Waals surface area contributed by atoms with Gasteiger partial charge in [0.2, 0.25) is 0 Å². The third-order valence-corrected chi connectivity index (χ3v) is 4.30. The van der Waals surface area contributed by atoms with E-state index in [1.165, 1.54) is 6.42 Å². The lowest BCUT2D eigenvalue weighted by molar-refractivity contribution is 0.953. The van der Waals surface area contributed by atoms with Crippen LogP contribution < -0.4 is 16.4 Å². The SMILES string of the molecule is C=C1/N=C(\C(Cl)=C/C)Nc2ccc(N)c(c2)CCc2cncc(c2)N1.CCC. The van der Waals surface area contributed by atoms with Crippen LogP contribution in [0.3, 0.4) is 0 Å². The molecule has 1 aromatic heterocycles. The fraction of sp³-hybridized carbons (Fsp3) is 0.273. The van der Waals surface area contributed by atoms with Crippen molar-refractivity contribution in [2.75, 3.05) is 16.4 Å². The zero-order valence-corrected chi connectivity index (χ0v) is 17.5. The summed E-state index contributed by atoms with van der Waals surface area (Å²) in [5.41, 5.74) is 10.8. The topological polar surface area (TPSA) is 75.3 Å². The van der Waals surface area contributed by atoms with Crippen molar-refractivity contribution < 1.29 is 0 Å². The zero-order chi connectivity index (χ0) is 20.5. The Bertz CT molecular complexity index is 886. The molecular weight excluding hydrogens is 370 g/mol. The van der Waals surface area contributed by atoms with Crippen LogP contribution in [0.2, 0.25) is 0 Å². The number of nitrogen functional groups attached to an aromatic ring is 1. The minimum absolute atomic E-state index is 0.469. The lowest BCUT2D eigenvalue weighted by atomic mass is 10.0. The molecule has 0 radical (unpaired) electrons. The summed E-state index contributed by atoms with van der Waals surface area (Å²) in [5.74, 6) is 0.983. The highest BCUT2D eigenvalue weighted by Gasteiger charge is 2.10. The molecule has 2 heterocycles. The number of fused-ring (bicyclic) bond motifs is 4. The number of halogens is 1. The standard InChI is InChI=1S/C19H20ClN5.C3H8/c1-3-17(20)19-24-12(2)23-16-8-13(10-22-11-16)4-5-14-9-15(25-19)6-7-18(14)21;1-3-2/h3,6-11,23H,2,4-5,21H2,1H3,(H,24,25);3H2,1-2H3/b17-3+;. The van der Waals surface area contributed by atoms with Crippen LogP contribution in [0.15, 0.2) is 65.2 Å². The van der Waals surface area contributed by atoms with Gasteiger partial charge in [-0.1, -0.05) is 44.5 Å². The number of amidine groups is 1. The number of aromatic nitrogens is 1. The first-order valence-electron chi connectivity index (χ1n) is 9.42. The summed E-state index contributed by atoms with van der Waals surface area (Å²) in [6, 6.07) is 7.86. The Kier molecular flexibility index (Phi) is 8.08. The third kappa shape index (κ3) is 6.13. The molecule has 1 aliphatic heterocycles. The summed E-state index contributed by atoms with van der Waals surface area (Å²) in [5, 5.41) is 6.91. The molecule has 0 spiro atoms. The van der Waals surface area contributed by atoms with Crippen LogP contribution in [0.5, 0.6) is 0 Å². The van der Waals surface area contributed by atoms with Gasteiger partial charge in [0.1, 0.15) is 5.82 Å². The van der Waals surface area contributed by atoms with Gasteiger partial charge in [-0.15, -0.1) is 0 Å². The molecule has 0 fully saturated rings. The molecule has 3 rings (SSSR count). The molecule has 4 bridgehead atoms. The number of anilines is 3. The highest BCUT2D eigenvalue weighted by molar-refractivity contribution is 6.45. The summed E-state index contributed by atoms with van der Waals surface area (Å²) < 4.78 is 0. The van der Waals surface area contributed by atoms with E-state index in [-0.39, 0.29) is 0 Å². The number of pyridine rings is 1. The highest BCUT2D eigenvalue weighted by Crippen LogP contribution is 2.23. The molecule has 2 aromatic rings. The number of aryl methyl sites for hydroxylation is 2. The van der Waals surface area contributed by atoms with Gasteiger partial charge >= 0.3 is 0 Å². The van der Waals surface area contributed by atoms with E-state index in [0.29, 0.717) is 16.7 Å². The molecule has 0 saturated heterocycles. The Morgan fingerprint density at radius 2 is 1.93 bits per heavy atom. The molecule has 0 amide bonds. The molecule has 0 saturated carbocycles. The van der Waals surface area contributed by atoms with Crippen molar-refractivity contribution in [1.82, 2.24) is 4.98 Å². The molecule has 0 unspecified atom stereocenters. The smallest absolute Gasteiger partial charge is 0.151 e. The molecule has 148 valence electrons. The van der Waals surface area contributed by atoms with Crippen molar-refractivity contribution in [3.63, 3.8) is 0 Å². The normalized spacial score (nSPS) is 15.9. The van der Waals surface area contributed by atoms with E-state index >= 15 is 0 Å². The quantitative estimate of drug-likeness (QED) is 0.538. The molecule has 5 nitrogen and oxygen atoms in total. The van der Waals surface area contributed by atoms with Gasteiger partial charge in [-0.05, 0) is 55.2 Å². The van der Waals surface area contributed by atoms with Crippen molar-refractivity contribution in [1.29, 1.82) is 0 Å². The van der Waals surface area contributed by atoms with Gasteiger partial charge in [0.15, 0.2) is 5.84 Å². The predicted molar refractivity (Wildman–Crippen MR) is 122 cm³/mol. The first-order valence-corrected chi connectivity index (χ1v) is 9.80. The van der Waals surface area contributed by atoms with Gasteiger partial charge in [-0.2, -0.15) is 0 Å². The largest absolute Gasteiger partial charge is 0.399 e. The summed E-state index contributed by atoms with van der Waals surface area (Å²) >= 11 is 6.31. The number of aliphatic imine (C=N–C) groups is 1. The zero-order valence-electron chi connectivity index (χ0n) is 16.7. The Hall–Kier alpha value is -2.79. The molecule has 28 heavy (non-hydrogen) atoms. The molecule has 0 aliphatic carbocycles. The molecule has 0 atom stereocenters. The number of hydrogen-bond donors (Lipinski definition) is 3. The Balaban J connectivity index is 0.000000878. The minimum atomic E-state index is 0.469. The highest BCUT2D eigenvalue weighted by atomic mass is 35.5. The summed E-state index contributed by atoms with van der Waals surface area (Å²) in [4.78, 5) is 8.76. The second-order valence-electron chi connectivity index (χ2n) is 6.50. The van der Waals surface area contributed by atoms with E-state index in [4.69, 9.17) is 17.3 Å². The summed E-state index contributed by atoms with van der Waals surface area (Å²) in [6.45, 7) is 10.1. The lowest BCUT2D eigenvalue weighted by Crippen LogP contribution is -2.14. The number of allylic oxidation sites excluding steroid dienone is 1. The van der Waals surface area contributed by atoms with Crippen LogP contribution in [-0.2, 0) is 12.8 Å². The first kappa shape index (κ1) is 21.5. The number of nitrogens with two attached hydrogens (primary N) is 1. The number of rotatable bonds is 1. The van der Waals surface area contributed by atoms with Crippen LogP contribution in [0.1, 0.15) is 38.3 Å². The Labute approximate surface area is 172 Å². The van der Waals surface area contributed by atoms with Gasteiger partial charge in [0, 0.05) is 17.6 Å². The van der Waals surface area contributed by atoms with E-state index in [2.05, 4.69) is 41.0 Å². The molecular formula is C22H28ClN5. The number of nitrogens with one attached hydrogen (secondary N) is 2. The van der Waals surface area contributed by atoms with Gasteiger partial charge in [0.05, 0.1) is 16.9 Å². The van der Waals surface area contributed by atoms with Crippen molar-refractivity contribution in [2.45, 2.75) is 40.0 Å². The molecule has 1 aliphatic rings. The number of hydrogen-bond acceptors (Lipinski definition) is 5. The van der Waals surface area contributed by atoms with Crippen molar-refractivity contribution in [3.05, 3.63) is 71.3 Å². The van der Waals surface area contributed by atoms with E-state index in [0.717, 1.165) is 41.0 Å². The van der Waals surface area contributed by atoms with Crippen molar-refractivity contribution in [2.24, 2.45) is 4.99 Å². The first-order chi connectivity index (χ1) is 13.5. The lowest BCUT2D eigenvalue weighted by Gasteiger charge is -2.13. The fourth-order valence-corrected chi connectivity index (χ4v) is 2.71. The van der Waals surface area contributed by atoms with Crippen LogP contribution in [0, 0.1) is 0 Å². The maximum absolute atomic E-state index is 6.31. The van der Waals surface area contributed by atoms with E-state index in [1.807, 2.05) is 37.4 Å². The van der Waals surface area contributed by atoms with Crippen LogP contribution in [-0.4, -0.2) is 10.8 Å². The van der Waals surface area contributed by atoms with Crippen LogP contribution in [0.25, 0.3) is 0 Å². The average molecular weight is 398 g/mol. The Morgan fingerprint density at radius 1 is 1.18 bits per heavy atom. The van der Waals surface area contributed by atoms with Crippen molar-refractivity contribution in [3.8, 4) is 0 Å². The molecule has 6 heteroatoms. The van der Waals surface area contributed by atoms with Gasteiger partial charge in [-0.25, -0.2) is 4.99 Å². The molecule has 1 aromatic carbocycles. The maximum Gasteiger partial charge on any atom is 0.151 e. The van der Waals surface area contributed by atoms with Crippen LogP contribution in [0.4, 0.5) is 17.1 Å².